The summed E-state index contributed by atoms with van der Waals surface area (Å²) in [6.45, 7) is 3.60. The molecular weight excluding hydrogens is 188 g/mol. The highest BCUT2D eigenvalue weighted by Gasteiger charge is 2.55. The molecule has 2 saturated heterocycles. The first-order valence-corrected chi connectivity index (χ1v) is 4.72. The Labute approximate surface area is 82.9 Å². The zero-order chi connectivity index (χ0) is 10.3. The summed E-state index contributed by atoms with van der Waals surface area (Å²) in [6, 6.07) is 0. The van der Waals surface area contributed by atoms with Crippen LogP contribution in [0, 0.1) is 0 Å². The SMILES string of the molecule is COC1O[C@H](CO)[C@@H]2OC(C)(C)O[C@@H]12. The predicted molar refractivity (Wildman–Crippen MR) is 46.6 cm³/mol. The number of rotatable bonds is 2. The largest absolute Gasteiger partial charge is 0.394 e. The average molecular weight is 204 g/mol. The summed E-state index contributed by atoms with van der Waals surface area (Å²) in [5, 5.41) is 9.08. The van der Waals surface area contributed by atoms with Crippen LogP contribution in [0.15, 0.2) is 0 Å². The topological polar surface area (TPSA) is 57.2 Å². The van der Waals surface area contributed by atoms with Crippen molar-refractivity contribution >= 4 is 0 Å². The lowest BCUT2D eigenvalue weighted by atomic mass is 10.1. The molecule has 2 aliphatic rings. The molecule has 0 bridgehead atoms. The fraction of sp³-hybridized carbons (Fsp3) is 1.00. The van der Waals surface area contributed by atoms with Gasteiger partial charge in [0.15, 0.2) is 12.1 Å². The fourth-order valence-electron chi connectivity index (χ4n) is 1.98. The molecule has 0 amide bonds. The van der Waals surface area contributed by atoms with E-state index in [0.717, 1.165) is 0 Å². The molecule has 2 rings (SSSR count). The van der Waals surface area contributed by atoms with Gasteiger partial charge in [0.1, 0.15) is 18.3 Å². The minimum absolute atomic E-state index is 0.0829. The van der Waals surface area contributed by atoms with Crippen LogP contribution in [0.1, 0.15) is 13.8 Å². The van der Waals surface area contributed by atoms with Crippen LogP contribution in [0.2, 0.25) is 0 Å². The van der Waals surface area contributed by atoms with E-state index in [1.165, 1.54) is 0 Å². The van der Waals surface area contributed by atoms with E-state index in [0.29, 0.717) is 0 Å². The van der Waals surface area contributed by atoms with E-state index in [2.05, 4.69) is 0 Å². The van der Waals surface area contributed by atoms with E-state index < -0.39 is 12.1 Å². The molecule has 2 fully saturated rings. The summed E-state index contributed by atoms with van der Waals surface area (Å²) in [5.41, 5.74) is 0. The molecule has 2 heterocycles. The normalized spacial score (nSPS) is 45.4. The number of hydrogen-bond acceptors (Lipinski definition) is 5. The molecule has 0 aromatic rings. The summed E-state index contributed by atoms with van der Waals surface area (Å²) >= 11 is 0. The second kappa shape index (κ2) is 3.43. The molecule has 1 unspecified atom stereocenters. The Morgan fingerprint density at radius 2 is 1.93 bits per heavy atom. The molecule has 0 aliphatic carbocycles. The molecule has 2 aliphatic heterocycles. The second-order valence-electron chi connectivity index (χ2n) is 4.03. The average Bonchev–Trinajstić information content (AvgIpc) is 2.57. The standard InChI is InChI=1S/C9H16O5/c1-9(2)13-6-5(4-10)12-8(11-3)7(6)14-9/h5-8,10H,4H2,1-3H3/t5-,6+,7-,8?/m1/s1. The van der Waals surface area contributed by atoms with Crippen LogP contribution in [-0.2, 0) is 18.9 Å². The molecule has 1 N–H and O–H groups in total. The first-order chi connectivity index (χ1) is 6.57. The van der Waals surface area contributed by atoms with Crippen LogP contribution in [0.4, 0.5) is 0 Å². The van der Waals surface area contributed by atoms with Gasteiger partial charge in [-0.2, -0.15) is 0 Å². The Balaban J connectivity index is 2.12. The third kappa shape index (κ3) is 1.55. The third-order valence-electron chi connectivity index (χ3n) is 2.52. The number of hydrogen-bond donors (Lipinski definition) is 1. The minimum Gasteiger partial charge on any atom is -0.394 e. The van der Waals surface area contributed by atoms with Crippen molar-refractivity contribution in [1.82, 2.24) is 0 Å². The molecule has 82 valence electrons. The van der Waals surface area contributed by atoms with Gasteiger partial charge < -0.3 is 24.1 Å². The van der Waals surface area contributed by atoms with Crippen molar-refractivity contribution in [3.8, 4) is 0 Å². The molecule has 0 spiro atoms. The number of aliphatic hydroxyl groups excluding tert-OH is 1. The van der Waals surface area contributed by atoms with Gasteiger partial charge in [-0.25, -0.2) is 0 Å². The van der Waals surface area contributed by atoms with E-state index in [1.807, 2.05) is 13.8 Å². The zero-order valence-electron chi connectivity index (χ0n) is 8.60. The Bertz CT molecular complexity index is 197. The molecule has 5 nitrogen and oxygen atoms in total. The van der Waals surface area contributed by atoms with Crippen molar-refractivity contribution in [3.05, 3.63) is 0 Å². The minimum atomic E-state index is -0.622. The van der Waals surface area contributed by atoms with Crippen molar-refractivity contribution in [2.45, 2.75) is 44.2 Å². The summed E-state index contributed by atoms with van der Waals surface area (Å²) in [7, 11) is 1.55. The maximum Gasteiger partial charge on any atom is 0.186 e. The lowest BCUT2D eigenvalue weighted by Crippen LogP contribution is -2.31. The summed E-state index contributed by atoms with van der Waals surface area (Å²) in [5.74, 6) is -0.622. The highest BCUT2D eigenvalue weighted by Crippen LogP contribution is 2.38. The van der Waals surface area contributed by atoms with E-state index >= 15 is 0 Å². The van der Waals surface area contributed by atoms with Gasteiger partial charge in [-0.3, -0.25) is 0 Å². The van der Waals surface area contributed by atoms with Crippen LogP contribution in [0.3, 0.4) is 0 Å². The van der Waals surface area contributed by atoms with Crippen LogP contribution in [-0.4, -0.2) is 49.2 Å². The van der Waals surface area contributed by atoms with Crippen LogP contribution < -0.4 is 0 Å². The van der Waals surface area contributed by atoms with Crippen LogP contribution in [0.5, 0.6) is 0 Å². The molecule has 4 atom stereocenters. The monoisotopic (exact) mass is 204 g/mol. The Hall–Kier alpha value is -0.200. The predicted octanol–water partition coefficient (Wildman–Crippen LogP) is -0.130. The molecule has 0 aromatic heterocycles. The highest BCUT2D eigenvalue weighted by atomic mass is 16.8. The van der Waals surface area contributed by atoms with E-state index in [-0.39, 0.29) is 24.9 Å². The Kier molecular flexibility index (Phi) is 2.53. The van der Waals surface area contributed by atoms with Gasteiger partial charge in [0.05, 0.1) is 6.61 Å². The number of fused-ring (bicyclic) bond motifs is 1. The molecule has 0 aromatic carbocycles. The molecule has 14 heavy (non-hydrogen) atoms. The summed E-state index contributed by atoms with van der Waals surface area (Å²) in [4.78, 5) is 0. The third-order valence-corrected chi connectivity index (χ3v) is 2.52. The van der Waals surface area contributed by atoms with Crippen molar-refractivity contribution < 1.29 is 24.1 Å². The van der Waals surface area contributed by atoms with Crippen LogP contribution >= 0.6 is 0 Å². The molecule has 0 saturated carbocycles. The maximum absolute atomic E-state index is 9.08. The molecular formula is C9H16O5. The van der Waals surface area contributed by atoms with Gasteiger partial charge in [-0.05, 0) is 13.8 Å². The fourth-order valence-corrected chi connectivity index (χ4v) is 1.98. The smallest absolute Gasteiger partial charge is 0.186 e. The lowest BCUT2D eigenvalue weighted by molar-refractivity contribution is -0.230. The van der Waals surface area contributed by atoms with Crippen molar-refractivity contribution in [3.63, 3.8) is 0 Å². The van der Waals surface area contributed by atoms with Crippen LogP contribution in [0.25, 0.3) is 0 Å². The van der Waals surface area contributed by atoms with Crippen molar-refractivity contribution in [1.29, 1.82) is 0 Å². The lowest BCUT2D eigenvalue weighted by Gasteiger charge is -2.22. The zero-order valence-corrected chi connectivity index (χ0v) is 8.60. The van der Waals surface area contributed by atoms with E-state index in [9.17, 15) is 0 Å². The summed E-state index contributed by atoms with van der Waals surface area (Å²) in [6.07, 6.45) is -1.28. The van der Waals surface area contributed by atoms with Gasteiger partial charge in [0, 0.05) is 7.11 Å². The van der Waals surface area contributed by atoms with Gasteiger partial charge in [-0.1, -0.05) is 0 Å². The summed E-state index contributed by atoms with van der Waals surface area (Å²) < 4.78 is 21.8. The molecule has 0 radical (unpaired) electrons. The highest BCUT2D eigenvalue weighted by molar-refractivity contribution is 4.94. The van der Waals surface area contributed by atoms with Gasteiger partial charge in [0.2, 0.25) is 0 Å². The molecule has 5 heteroatoms. The Morgan fingerprint density at radius 3 is 2.50 bits per heavy atom. The van der Waals surface area contributed by atoms with E-state index in [1.54, 1.807) is 7.11 Å². The van der Waals surface area contributed by atoms with Gasteiger partial charge in [-0.15, -0.1) is 0 Å². The maximum atomic E-state index is 9.08. The first-order valence-electron chi connectivity index (χ1n) is 4.72. The first kappa shape index (κ1) is 10.3. The van der Waals surface area contributed by atoms with Gasteiger partial charge >= 0.3 is 0 Å². The number of ether oxygens (including phenoxy) is 4. The van der Waals surface area contributed by atoms with Crippen molar-refractivity contribution in [2.24, 2.45) is 0 Å². The number of methoxy groups -OCH3 is 1. The van der Waals surface area contributed by atoms with E-state index in [4.69, 9.17) is 24.1 Å². The second-order valence-corrected chi connectivity index (χ2v) is 4.03. The quantitative estimate of drug-likeness (QED) is 0.679. The Morgan fingerprint density at radius 1 is 1.29 bits per heavy atom. The van der Waals surface area contributed by atoms with Crippen molar-refractivity contribution in [2.75, 3.05) is 13.7 Å². The number of aliphatic hydroxyl groups is 1. The van der Waals surface area contributed by atoms with Gasteiger partial charge in [0.25, 0.3) is 0 Å².